The Morgan fingerprint density at radius 1 is 1.18 bits per heavy atom. The van der Waals surface area contributed by atoms with E-state index in [4.69, 9.17) is 0 Å². The molecular formula is C21H31IN4OS. The minimum Gasteiger partial charge on any atom is -0.356 e. The molecule has 154 valence electrons. The van der Waals surface area contributed by atoms with Gasteiger partial charge in [-0.2, -0.15) is 0 Å². The van der Waals surface area contributed by atoms with Crippen LogP contribution in [-0.2, 0) is 11.3 Å². The molecule has 0 radical (unpaired) electrons. The van der Waals surface area contributed by atoms with Crippen LogP contribution in [-0.4, -0.2) is 25.5 Å². The Bertz CT molecular complexity index is 749. The Hall–Kier alpha value is -1.61. The molecule has 0 aliphatic carbocycles. The summed E-state index contributed by atoms with van der Waals surface area (Å²) in [5, 5.41) is 11.8. The van der Waals surface area contributed by atoms with Crippen molar-refractivity contribution in [3.63, 3.8) is 0 Å². The van der Waals surface area contributed by atoms with E-state index < -0.39 is 0 Å². The minimum atomic E-state index is 0. The van der Waals surface area contributed by atoms with Crippen LogP contribution in [0.1, 0.15) is 43.6 Å². The number of hydrogen-bond acceptors (Lipinski definition) is 3. The third-order valence-electron chi connectivity index (χ3n) is 4.54. The van der Waals surface area contributed by atoms with Crippen LogP contribution in [0.25, 0.3) is 0 Å². The average molecular weight is 514 g/mol. The molecule has 0 fully saturated rings. The highest BCUT2D eigenvalue weighted by molar-refractivity contribution is 14.0. The maximum absolute atomic E-state index is 12.1. The van der Waals surface area contributed by atoms with Gasteiger partial charge in [0.1, 0.15) is 0 Å². The summed E-state index contributed by atoms with van der Waals surface area (Å²) in [5.74, 6) is 1.28. The van der Waals surface area contributed by atoms with Gasteiger partial charge in [0.25, 0.3) is 0 Å². The lowest BCUT2D eigenvalue weighted by atomic mass is 10.1. The van der Waals surface area contributed by atoms with Gasteiger partial charge >= 0.3 is 0 Å². The van der Waals surface area contributed by atoms with E-state index in [1.165, 1.54) is 4.88 Å². The standard InChI is InChI=1S/C21H30N4OS.HI/c1-5-15(2)20(26)25-18-9-6-8-17(12-18)14-24-21(22-4)23-13-16(3)19-10-7-11-27-19;/h6-12,15-16H,5,13-14H2,1-4H3,(H,25,26)(H2,22,23,24);1H. The van der Waals surface area contributed by atoms with E-state index in [2.05, 4.69) is 45.4 Å². The number of nitrogens with zero attached hydrogens (tertiary/aromatic N) is 1. The number of nitrogens with one attached hydrogen (secondary N) is 3. The van der Waals surface area contributed by atoms with Gasteiger partial charge in [0.15, 0.2) is 5.96 Å². The molecule has 2 atom stereocenters. The summed E-state index contributed by atoms with van der Waals surface area (Å²) in [6.45, 7) is 7.62. The number of halogens is 1. The molecule has 0 spiro atoms. The highest BCUT2D eigenvalue weighted by atomic mass is 127. The minimum absolute atomic E-state index is 0. The molecule has 2 unspecified atom stereocenters. The number of anilines is 1. The number of amides is 1. The van der Waals surface area contributed by atoms with Crippen molar-refractivity contribution in [3.05, 3.63) is 52.2 Å². The van der Waals surface area contributed by atoms with Gasteiger partial charge < -0.3 is 16.0 Å². The van der Waals surface area contributed by atoms with E-state index in [9.17, 15) is 4.79 Å². The van der Waals surface area contributed by atoms with Crippen LogP contribution >= 0.6 is 35.3 Å². The summed E-state index contributed by atoms with van der Waals surface area (Å²) in [6.07, 6.45) is 0.832. The Labute approximate surface area is 189 Å². The lowest BCUT2D eigenvalue weighted by Gasteiger charge is -2.16. The molecule has 2 aromatic rings. The molecule has 7 heteroatoms. The summed E-state index contributed by atoms with van der Waals surface area (Å²) >= 11 is 1.78. The highest BCUT2D eigenvalue weighted by Crippen LogP contribution is 2.19. The van der Waals surface area contributed by atoms with Crippen LogP contribution in [0.2, 0.25) is 0 Å². The smallest absolute Gasteiger partial charge is 0.227 e. The van der Waals surface area contributed by atoms with Gasteiger partial charge in [0.2, 0.25) is 5.91 Å². The van der Waals surface area contributed by atoms with Crippen LogP contribution in [0.15, 0.2) is 46.8 Å². The van der Waals surface area contributed by atoms with Crippen LogP contribution in [0, 0.1) is 5.92 Å². The first-order chi connectivity index (χ1) is 13.0. The molecule has 0 aliphatic heterocycles. The second kappa shape index (κ2) is 12.8. The van der Waals surface area contributed by atoms with E-state index in [0.717, 1.165) is 30.2 Å². The Kier molecular flexibility index (Phi) is 11.1. The Balaban J connectivity index is 0.00000392. The van der Waals surface area contributed by atoms with Crippen molar-refractivity contribution >= 4 is 52.9 Å². The lowest BCUT2D eigenvalue weighted by Crippen LogP contribution is -2.38. The predicted molar refractivity (Wildman–Crippen MR) is 131 cm³/mol. The summed E-state index contributed by atoms with van der Waals surface area (Å²) in [5.41, 5.74) is 1.92. The molecule has 0 aliphatic rings. The fourth-order valence-corrected chi connectivity index (χ4v) is 3.33. The third kappa shape index (κ3) is 7.79. The lowest BCUT2D eigenvalue weighted by molar-refractivity contribution is -0.119. The zero-order valence-corrected chi connectivity index (χ0v) is 20.1. The second-order valence-electron chi connectivity index (χ2n) is 6.72. The quantitative estimate of drug-likeness (QED) is 0.269. The van der Waals surface area contributed by atoms with Crippen molar-refractivity contribution in [3.8, 4) is 0 Å². The van der Waals surface area contributed by atoms with Crippen molar-refractivity contribution in [2.75, 3.05) is 18.9 Å². The second-order valence-corrected chi connectivity index (χ2v) is 7.70. The number of hydrogen-bond donors (Lipinski definition) is 3. The maximum atomic E-state index is 12.1. The Morgan fingerprint density at radius 2 is 1.96 bits per heavy atom. The van der Waals surface area contributed by atoms with E-state index in [1.54, 1.807) is 18.4 Å². The molecule has 0 bridgehead atoms. The van der Waals surface area contributed by atoms with Crippen LogP contribution < -0.4 is 16.0 Å². The van der Waals surface area contributed by atoms with E-state index in [-0.39, 0.29) is 35.8 Å². The van der Waals surface area contributed by atoms with E-state index >= 15 is 0 Å². The molecule has 1 aromatic heterocycles. The van der Waals surface area contributed by atoms with Crippen molar-refractivity contribution in [1.29, 1.82) is 0 Å². The number of rotatable bonds is 8. The van der Waals surface area contributed by atoms with Crippen LogP contribution in [0.4, 0.5) is 5.69 Å². The summed E-state index contributed by atoms with van der Waals surface area (Å²) in [7, 11) is 1.77. The number of benzene rings is 1. The maximum Gasteiger partial charge on any atom is 0.227 e. The van der Waals surface area contributed by atoms with Gasteiger partial charge in [-0.05, 0) is 35.6 Å². The zero-order valence-electron chi connectivity index (χ0n) is 17.0. The molecule has 5 nitrogen and oxygen atoms in total. The zero-order chi connectivity index (χ0) is 19.6. The fourth-order valence-electron chi connectivity index (χ4n) is 2.54. The summed E-state index contributed by atoms with van der Waals surface area (Å²) in [4.78, 5) is 17.7. The third-order valence-corrected chi connectivity index (χ3v) is 5.65. The van der Waals surface area contributed by atoms with Gasteiger partial charge in [0.05, 0.1) is 0 Å². The summed E-state index contributed by atoms with van der Waals surface area (Å²) in [6, 6.07) is 12.1. The summed E-state index contributed by atoms with van der Waals surface area (Å²) < 4.78 is 0. The number of carbonyl (C=O) groups excluding carboxylic acids is 1. The van der Waals surface area contributed by atoms with Crippen molar-refractivity contribution in [1.82, 2.24) is 10.6 Å². The molecule has 1 heterocycles. The first-order valence-corrected chi connectivity index (χ1v) is 10.3. The Morgan fingerprint density at radius 3 is 2.61 bits per heavy atom. The molecule has 0 saturated carbocycles. The monoisotopic (exact) mass is 514 g/mol. The number of aliphatic imine (C=N–C) groups is 1. The van der Waals surface area contributed by atoms with E-state index in [0.29, 0.717) is 12.5 Å². The molecular weight excluding hydrogens is 483 g/mol. The van der Waals surface area contributed by atoms with Gasteiger partial charge in [-0.25, -0.2) is 0 Å². The SMILES string of the molecule is CCC(C)C(=O)Nc1cccc(CNC(=NC)NCC(C)c2cccs2)c1.I. The first kappa shape index (κ1) is 24.4. The molecule has 28 heavy (non-hydrogen) atoms. The predicted octanol–water partition coefficient (Wildman–Crippen LogP) is 4.82. The normalized spacial score (nSPS) is 13.2. The fraction of sp³-hybridized carbons (Fsp3) is 0.429. The number of thiophene rings is 1. The number of guanidine groups is 1. The van der Waals surface area contributed by atoms with Crippen LogP contribution in [0.3, 0.4) is 0 Å². The van der Waals surface area contributed by atoms with Crippen molar-refractivity contribution in [2.45, 2.75) is 39.7 Å². The van der Waals surface area contributed by atoms with Gasteiger partial charge in [-0.15, -0.1) is 35.3 Å². The van der Waals surface area contributed by atoms with Crippen molar-refractivity contribution in [2.24, 2.45) is 10.9 Å². The van der Waals surface area contributed by atoms with Crippen LogP contribution in [0.5, 0.6) is 0 Å². The van der Waals surface area contributed by atoms with Gasteiger partial charge in [-0.3, -0.25) is 9.79 Å². The van der Waals surface area contributed by atoms with Crippen molar-refractivity contribution < 1.29 is 4.79 Å². The topological polar surface area (TPSA) is 65.5 Å². The highest BCUT2D eigenvalue weighted by Gasteiger charge is 2.11. The first-order valence-electron chi connectivity index (χ1n) is 9.41. The van der Waals surface area contributed by atoms with Gasteiger partial charge in [-0.1, -0.05) is 39.0 Å². The van der Waals surface area contributed by atoms with Gasteiger partial charge in [0, 0.05) is 42.5 Å². The average Bonchev–Trinajstić information content (AvgIpc) is 3.22. The molecule has 0 saturated heterocycles. The molecule has 1 aromatic carbocycles. The largest absolute Gasteiger partial charge is 0.356 e. The number of carbonyl (C=O) groups is 1. The molecule has 2 rings (SSSR count). The molecule has 3 N–H and O–H groups in total. The van der Waals surface area contributed by atoms with E-state index in [1.807, 2.05) is 38.1 Å². The molecule has 1 amide bonds.